The number of Topliss-reactive ketones (excluding diaryl/α,β-unsaturated/α-hetero) is 1. The fraction of sp³-hybridized carbons (Fsp3) is 0.200. The lowest BCUT2D eigenvalue weighted by Gasteiger charge is -2.31. The predicted octanol–water partition coefficient (Wildman–Crippen LogP) is 3.07. The SMILES string of the molecule is O=C1CCCC2=C1C(c1cccnc1)n1nc(-c3cccc(O)c3)nc1N2. The Morgan fingerprint density at radius 3 is 2.93 bits per heavy atom. The van der Waals surface area contributed by atoms with Crippen molar-refractivity contribution in [1.29, 1.82) is 0 Å². The molecule has 1 unspecified atom stereocenters. The number of phenols is 1. The number of hydrogen-bond acceptors (Lipinski definition) is 6. The summed E-state index contributed by atoms with van der Waals surface area (Å²) in [6, 6.07) is 10.3. The average molecular weight is 359 g/mol. The van der Waals surface area contributed by atoms with E-state index in [4.69, 9.17) is 0 Å². The molecule has 0 saturated carbocycles. The van der Waals surface area contributed by atoms with Gasteiger partial charge in [0.05, 0.1) is 0 Å². The van der Waals surface area contributed by atoms with Crippen LogP contribution in [0.25, 0.3) is 11.4 Å². The molecule has 2 N–H and O–H groups in total. The summed E-state index contributed by atoms with van der Waals surface area (Å²) < 4.78 is 1.75. The molecular weight excluding hydrogens is 342 g/mol. The number of benzene rings is 1. The minimum Gasteiger partial charge on any atom is -0.508 e. The first-order valence-corrected chi connectivity index (χ1v) is 8.90. The first-order chi connectivity index (χ1) is 13.2. The molecule has 0 spiro atoms. The molecule has 0 amide bonds. The van der Waals surface area contributed by atoms with Gasteiger partial charge in [0.2, 0.25) is 5.95 Å². The van der Waals surface area contributed by atoms with Gasteiger partial charge in [-0.05, 0) is 36.6 Å². The third-order valence-electron chi connectivity index (χ3n) is 4.97. The maximum Gasteiger partial charge on any atom is 0.226 e. The number of carbonyl (C=O) groups excluding carboxylic acids is 1. The summed E-state index contributed by atoms with van der Waals surface area (Å²) in [5, 5.41) is 17.7. The highest BCUT2D eigenvalue weighted by Crippen LogP contribution is 2.40. The number of phenolic OH excluding ortho intramolecular Hbond substituents is 1. The van der Waals surface area contributed by atoms with E-state index in [2.05, 4.69) is 20.4 Å². The molecule has 1 aliphatic carbocycles. The monoisotopic (exact) mass is 359 g/mol. The number of aromatic nitrogens is 4. The summed E-state index contributed by atoms with van der Waals surface area (Å²) in [5.74, 6) is 1.38. The molecule has 0 saturated heterocycles. The van der Waals surface area contributed by atoms with E-state index < -0.39 is 0 Å². The van der Waals surface area contributed by atoms with Gasteiger partial charge in [-0.1, -0.05) is 18.2 Å². The highest BCUT2D eigenvalue weighted by Gasteiger charge is 2.36. The lowest BCUT2D eigenvalue weighted by molar-refractivity contribution is -0.116. The maximum absolute atomic E-state index is 12.7. The lowest BCUT2D eigenvalue weighted by atomic mass is 9.86. The third-order valence-corrected chi connectivity index (χ3v) is 4.97. The number of pyridine rings is 1. The van der Waals surface area contributed by atoms with Crippen molar-refractivity contribution in [2.75, 3.05) is 5.32 Å². The van der Waals surface area contributed by atoms with Gasteiger partial charge in [-0.25, -0.2) is 4.68 Å². The number of hydrogen-bond donors (Lipinski definition) is 2. The van der Waals surface area contributed by atoms with Gasteiger partial charge >= 0.3 is 0 Å². The number of nitrogens with zero attached hydrogens (tertiary/aromatic N) is 4. The molecule has 7 nitrogen and oxygen atoms in total. The van der Waals surface area contributed by atoms with Gasteiger partial charge in [-0.3, -0.25) is 9.78 Å². The van der Waals surface area contributed by atoms with Crippen LogP contribution in [-0.2, 0) is 4.79 Å². The van der Waals surface area contributed by atoms with Crippen LogP contribution in [-0.4, -0.2) is 30.6 Å². The van der Waals surface area contributed by atoms with E-state index in [9.17, 15) is 9.90 Å². The Morgan fingerprint density at radius 1 is 1.19 bits per heavy atom. The summed E-state index contributed by atoms with van der Waals surface area (Å²) in [6.45, 7) is 0. The molecule has 3 aromatic rings. The van der Waals surface area contributed by atoms with Gasteiger partial charge in [0, 0.05) is 35.6 Å². The van der Waals surface area contributed by atoms with Crippen molar-refractivity contribution in [3.05, 3.63) is 65.6 Å². The summed E-state index contributed by atoms with van der Waals surface area (Å²) in [6.07, 6.45) is 5.66. The van der Waals surface area contributed by atoms with E-state index >= 15 is 0 Å². The number of aromatic hydroxyl groups is 1. The second-order valence-corrected chi connectivity index (χ2v) is 6.74. The molecule has 2 aliphatic rings. The van der Waals surface area contributed by atoms with E-state index in [1.54, 1.807) is 35.3 Å². The summed E-state index contributed by atoms with van der Waals surface area (Å²) >= 11 is 0. The molecule has 3 heterocycles. The van der Waals surface area contributed by atoms with Gasteiger partial charge in [0.15, 0.2) is 11.6 Å². The molecule has 27 heavy (non-hydrogen) atoms. The van der Waals surface area contributed by atoms with Crippen LogP contribution in [0.15, 0.2) is 60.1 Å². The number of nitrogens with one attached hydrogen (secondary N) is 1. The van der Waals surface area contributed by atoms with Crippen LogP contribution >= 0.6 is 0 Å². The molecule has 5 rings (SSSR count). The molecular formula is C20H17N5O2. The summed E-state index contributed by atoms with van der Waals surface area (Å²) in [7, 11) is 0. The Morgan fingerprint density at radius 2 is 2.11 bits per heavy atom. The average Bonchev–Trinajstić information content (AvgIpc) is 3.11. The molecule has 2 aromatic heterocycles. The normalized spacial score (nSPS) is 18.7. The first kappa shape index (κ1) is 15.7. The number of carbonyl (C=O) groups is 1. The van der Waals surface area contributed by atoms with Gasteiger partial charge in [-0.2, -0.15) is 4.98 Å². The maximum atomic E-state index is 12.7. The highest BCUT2D eigenvalue weighted by atomic mass is 16.3. The number of rotatable bonds is 2. The topological polar surface area (TPSA) is 92.9 Å². The van der Waals surface area contributed by atoms with Crippen molar-refractivity contribution in [3.63, 3.8) is 0 Å². The summed E-state index contributed by atoms with van der Waals surface area (Å²) in [4.78, 5) is 21.6. The van der Waals surface area contributed by atoms with Crippen LogP contribution in [0.5, 0.6) is 5.75 Å². The van der Waals surface area contributed by atoms with Crippen molar-refractivity contribution < 1.29 is 9.90 Å². The molecule has 0 fully saturated rings. The lowest BCUT2D eigenvalue weighted by Crippen LogP contribution is -2.31. The van der Waals surface area contributed by atoms with Gasteiger partial charge in [-0.15, -0.1) is 5.10 Å². The number of ketones is 1. The molecule has 0 radical (unpaired) electrons. The zero-order valence-electron chi connectivity index (χ0n) is 14.5. The molecule has 1 aromatic carbocycles. The van der Waals surface area contributed by atoms with E-state index in [-0.39, 0.29) is 17.6 Å². The smallest absolute Gasteiger partial charge is 0.226 e. The Labute approximate surface area is 155 Å². The van der Waals surface area contributed by atoms with Crippen molar-refractivity contribution in [2.45, 2.75) is 25.3 Å². The van der Waals surface area contributed by atoms with E-state index in [0.29, 0.717) is 23.8 Å². The molecule has 1 atom stereocenters. The zero-order chi connectivity index (χ0) is 18.4. The van der Waals surface area contributed by atoms with Crippen LogP contribution in [0.3, 0.4) is 0 Å². The zero-order valence-corrected chi connectivity index (χ0v) is 14.5. The van der Waals surface area contributed by atoms with E-state index in [1.807, 2.05) is 18.2 Å². The van der Waals surface area contributed by atoms with E-state index in [1.165, 1.54) is 0 Å². The van der Waals surface area contributed by atoms with Crippen molar-refractivity contribution in [3.8, 4) is 17.1 Å². The van der Waals surface area contributed by atoms with Gasteiger partial charge in [0.1, 0.15) is 11.8 Å². The number of allylic oxidation sites excluding steroid dienone is 2. The van der Waals surface area contributed by atoms with Gasteiger partial charge < -0.3 is 10.4 Å². The number of anilines is 1. The standard InChI is InChI=1S/C20H17N5O2/c26-14-6-1-4-12(10-14)19-23-20-22-15-7-2-8-16(27)17(15)18(25(20)24-19)13-5-3-9-21-11-13/h1,3-6,9-11,18,26H,2,7-8H2,(H,22,23,24). The Bertz CT molecular complexity index is 1070. The molecule has 7 heteroatoms. The second-order valence-electron chi connectivity index (χ2n) is 6.74. The Hall–Kier alpha value is -3.48. The van der Waals surface area contributed by atoms with Crippen LogP contribution < -0.4 is 5.32 Å². The van der Waals surface area contributed by atoms with Crippen LogP contribution in [0, 0.1) is 0 Å². The third kappa shape index (κ3) is 2.59. The summed E-state index contributed by atoms with van der Waals surface area (Å²) in [5.41, 5.74) is 3.28. The van der Waals surface area contributed by atoms with Crippen LogP contribution in [0.2, 0.25) is 0 Å². The van der Waals surface area contributed by atoms with Crippen molar-refractivity contribution >= 4 is 11.7 Å². The quantitative estimate of drug-likeness (QED) is 0.730. The molecule has 0 bridgehead atoms. The second kappa shape index (κ2) is 6.05. The fourth-order valence-electron chi connectivity index (χ4n) is 3.77. The highest BCUT2D eigenvalue weighted by molar-refractivity contribution is 5.99. The van der Waals surface area contributed by atoms with Crippen LogP contribution in [0.4, 0.5) is 5.95 Å². The predicted molar refractivity (Wildman–Crippen MR) is 99.0 cm³/mol. The Kier molecular flexibility index (Phi) is 3.53. The number of fused-ring (bicyclic) bond motifs is 1. The molecule has 134 valence electrons. The fourth-order valence-corrected chi connectivity index (χ4v) is 3.77. The largest absolute Gasteiger partial charge is 0.508 e. The van der Waals surface area contributed by atoms with Crippen molar-refractivity contribution in [2.24, 2.45) is 0 Å². The molecule has 1 aliphatic heterocycles. The van der Waals surface area contributed by atoms with E-state index in [0.717, 1.165) is 29.7 Å². The minimum atomic E-state index is -0.351. The van der Waals surface area contributed by atoms with Crippen molar-refractivity contribution in [1.82, 2.24) is 19.7 Å². The first-order valence-electron chi connectivity index (χ1n) is 8.90. The minimum absolute atomic E-state index is 0.137. The Balaban J connectivity index is 1.68. The van der Waals surface area contributed by atoms with Crippen LogP contribution in [0.1, 0.15) is 30.9 Å². The van der Waals surface area contributed by atoms with Gasteiger partial charge in [0.25, 0.3) is 0 Å².